The van der Waals surface area contributed by atoms with Crippen molar-refractivity contribution in [2.75, 3.05) is 41.6 Å². The third-order valence-electron chi connectivity index (χ3n) is 7.23. The number of nitrogens with zero attached hydrogens (tertiary/aromatic N) is 3. The normalized spacial score (nSPS) is 20.3. The largest absolute Gasteiger partial charge is 0.421 e. The second-order valence-corrected chi connectivity index (χ2v) is 14.5. The van der Waals surface area contributed by atoms with E-state index < -0.39 is 49.2 Å². The van der Waals surface area contributed by atoms with Crippen molar-refractivity contribution in [3.8, 4) is 0 Å². The number of alkyl halides is 3. The highest BCUT2D eigenvalue weighted by Gasteiger charge is 2.51. The summed E-state index contributed by atoms with van der Waals surface area (Å²) >= 11 is 5.28. The first kappa shape index (κ1) is 32.1. The first-order valence-electron chi connectivity index (χ1n) is 12.7. The van der Waals surface area contributed by atoms with Crippen LogP contribution in [0.1, 0.15) is 18.9 Å². The van der Waals surface area contributed by atoms with Crippen molar-refractivity contribution in [3.63, 3.8) is 0 Å². The SMILES string of the molecule is C[C@@](O)(c1ccc(N2CCN(S(=O)(=O)C3=CC=CCC3=S)C[C@@H]2CN(c2ccc(F)cc2)S(C)(=O)=O)cc1)C(F)(F)F. The van der Waals surface area contributed by atoms with E-state index in [0.717, 1.165) is 34.8 Å². The summed E-state index contributed by atoms with van der Waals surface area (Å²) in [6.45, 7) is 0.250. The molecule has 0 radical (unpaired) electrons. The highest BCUT2D eigenvalue weighted by Crippen LogP contribution is 2.39. The van der Waals surface area contributed by atoms with Gasteiger partial charge in [0.05, 0.1) is 29.4 Å². The van der Waals surface area contributed by atoms with Crippen LogP contribution in [0.25, 0.3) is 0 Å². The van der Waals surface area contributed by atoms with E-state index in [2.05, 4.69) is 0 Å². The molecule has 1 fully saturated rings. The van der Waals surface area contributed by atoms with Crippen LogP contribution in [0.2, 0.25) is 0 Å². The second-order valence-electron chi connectivity index (χ2n) is 10.2. The molecule has 1 saturated heterocycles. The monoisotopic (exact) mass is 647 g/mol. The van der Waals surface area contributed by atoms with Crippen molar-refractivity contribution >= 4 is 48.5 Å². The van der Waals surface area contributed by atoms with Gasteiger partial charge in [-0.2, -0.15) is 17.5 Å². The van der Waals surface area contributed by atoms with Crippen LogP contribution in [0.15, 0.2) is 71.7 Å². The predicted octanol–water partition coefficient (Wildman–Crippen LogP) is 4.10. The van der Waals surface area contributed by atoms with Crippen LogP contribution in [0.4, 0.5) is 28.9 Å². The summed E-state index contributed by atoms with van der Waals surface area (Å²) in [5.41, 5.74) is -2.96. The minimum Gasteiger partial charge on any atom is -0.376 e. The lowest BCUT2D eigenvalue weighted by molar-refractivity contribution is -0.258. The summed E-state index contributed by atoms with van der Waals surface area (Å²) in [6, 6.07) is 8.89. The quantitative estimate of drug-likeness (QED) is 0.341. The molecule has 2 aromatic carbocycles. The molecule has 42 heavy (non-hydrogen) atoms. The summed E-state index contributed by atoms with van der Waals surface area (Å²) < 4.78 is 109. The van der Waals surface area contributed by atoms with Crippen LogP contribution in [-0.2, 0) is 25.6 Å². The van der Waals surface area contributed by atoms with E-state index in [0.29, 0.717) is 12.6 Å². The van der Waals surface area contributed by atoms with Gasteiger partial charge in [-0.1, -0.05) is 36.5 Å². The molecule has 1 aliphatic carbocycles. The fourth-order valence-electron chi connectivity index (χ4n) is 4.81. The zero-order valence-electron chi connectivity index (χ0n) is 22.6. The Bertz CT molecular complexity index is 1610. The fourth-order valence-corrected chi connectivity index (χ4v) is 7.82. The van der Waals surface area contributed by atoms with Crippen molar-refractivity contribution in [2.45, 2.75) is 31.2 Å². The maximum absolute atomic E-state index is 13.6. The number of sulfonamides is 2. The molecular weight excluding hydrogens is 619 g/mol. The number of piperazine rings is 1. The molecule has 2 aromatic rings. The van der Waals surface area contributed by atoms with Gasteiger partial charge in [0.1, 0.15) is 5.82 Å². The summed E-state index contributed by atoms with van der Waals surface area (Å²) in [4.78, 5) is 1.92. The van der Waals surface area contributed by atoms with Crippen molar-refractivity contribution < 1.29 is 39.5 Å². The van der Waals surface area contributed by atoms with Crippen molar-refractivity contribution in [1.82, 2.24) is 4.31 Å². The van der Waals surface area contributed by atoms with Gasteiger partial charge >= 0.3 is 6.18 Å². The summed E-state index contributed by atoms with van der Waals surface area (Å²) in [5.74, 6) is -0.579. The molecule has 0 bridgehead atoms. The molecule has 1 N–H and O–H groups in total. The van der Waals surface area contributed by atoms with Crippen molar-refractivity contribution in [1.29, 1.82) is 0 Å². The van der Waals surface area contributed by atoms with Crippen LogP contribution in [0.5, 0.6) is 0 Å². The highest BCUT2D eigenvalue weighted by atomic mass is 32.2. The number of benzene rings is 2. The molecule has 0 unspecified atom stereocenters. The lowest BCUT2D eigenvalue weighted by atomic mass is 9.95. The topological polar surface area (TPSA) is 98.2 Å². The Balaban J connectivity index is 1.73. The number of allylic oxidation sites excluding steroid dienone is 4. The summed E-state index contributed by atoms with van der Waals surface area (Å²) in [5, 5.41) is 10.1. The van der Waals surface area contributed by atoms with Crippen molar-refractivity contribution in [3.05, 3.63) is 83.0 Å². The van der Waals surface area contributed by atoms with Gasteiger partial charge < -0.3 is 10.0 Å². The molecule has 228 valence electrons. The molecule has 0 amide bonds. The molecule has 15 heteroatoms. The smallest absolute Gasteiger partial charge is 0.376 e. The maximum atomic E-state index is 13.6. The molecule has 0 spiro atoms. The van der Waals surface area contributed by atoms with Gasteiger partial charge in [-0.15, -0.1) is 0 Å². The van der Waals surface area contributed by atoms with E-state index in [9.17, 15) is 39.5 Å². The first-order valence-corrected chi connectivity index (χ1v) is 16.4. The van der Waals surface area contributed by atoms with Crippen LogP contribution in [0, 0.1) is 5.82 Å². The zero-order valence-corrected chi connectivity index (χ0v) is 25.1. The third kappa shape index (κ3) is 6.54. The third-order valence-corrected chi connectivity index (χ3v) is 10.9. The molecule has 2 aliphatic rings. The van der Waals surface area contributed by atoms with Gasteiger partial charge in [-0.05, 0) is 55.0 Å². The molecule has 8 nitrogen and oxygen atoms in total. The van der Waals surface area contributed by atoms with Gasteiger partial charge in [0.2, 0.25) is 20.0 Å². The van der Waals surface area contributed by atoms with Crippen LogP contribution >= 0.6 is 12.2 Å². The van der Waals surface area contributed by atoms with Gasteiger partial charge in [0.25, 0.3) is 0 Å². The van der Waals surface area contributed by atoms with Crippen molar-refractivity contribution in [2.24, 2.45) is 0 Å². The average Bonchev–Trinajstić information content (AvgIpc) is 2.91. The van der Waals surface area contributed by atoms with E-state index in [4.69, 9.17) is 12.2 Å². The number of hydrogen-bond donors (Lipinski definition) is 1. The lowest BCUT2D eigenvalue weighted by Crippen LogP contribution is -2.59. The molecule has 2 atom stereocenters. The Kier molecular flexibility index (Phi) is 8.92. The number of thiocarbonyl (C=S) groups is 1. The number of aliphatic hydroxyl groups is 1. The number of anilines is 2. The van der Waals surface area contributed by atoms with E-state index in [1.165, 1.54) is 34.6 Å². The summed E-state index contributed by atoms with van der Waals surface area (Å²) in [6.07, 6.45) is 1.05. The summed E-state index contributed by atoms with van der Waals surface area (Å²) in [7, 11) is -8.00. The molecule has 1 aliphatic heterocycles. The molecular formula is C27H29F4N3O5S3. The van der Waals surface area contributed by atoms with E-state index in [-0.39, 0.29) is 48.1 Å². The highest BCUT2D eigenvalue weighted by molar-refractivity contribution is 7.96. The van der Waals surface area contributed by atoms with Gasteiger partial charge in [-0.3, -0.25) is 4.31 Å². The predicted molar refractivity (Wildman–Crippen MR) is 157 cm³/mol. The van der Waals surface area contributed by atoms with Crippen LogP contribution in [0.3, 0.4) is 0 Å². The first-order chi connectivity index (χ1) is 19.4. The second kappa shape index (κ2) is 11.7. The molecule has 0 aromatic heterocycles. The van der Waals surface area contributed by atoms with Gasteiger partial charge in [-0.25, -0.2) is 21.2 Å². The number of hydrogen-bond acceptors (Lipinski definition) is 7. The number of halogens is 4. The van der Waals surface area contributed by atoms with Crippen LogP contribution in [-0.4, -0.2) is 75.8 Å². The minimum atomic E-state index is -4.92. The van der Waals surface area contributed by atoms with Gasteiger partial charge in [0.15, 0.2) is 5.60 Å². The Morgan fingerprint density at radius 3 is 2.19 bits per heavy atom. The van der Waals surface area contributed by atoms with E-state index in [1.54, 1.807) is 17.1 Å². The Morgan fingerprint density at radius 1 is 1.02 bits per heavy atom. The standard InChI is InChI=1S/C27H29F4N3O5S3/c1-26(35,27(29,30)31)19-7-11-21(12-8-19)33-16-15-32(42(38,39)25-6-4-3-5-24(25)40)17-23(33)18-34(41(2,36)37)22-13-9-20(28)10-14-22/h3-4,6-14,23,35H,5,15-18H2,1-2H3/t23-,26-/m1/s1. The lowest BCUT2D eigenvalue weighted by Gasteiger charge is -2.44. The molecule has 1 heterocycles. The van der Waals surface area contributed by atoms with Crippen LogP contribution < -0.4 is 9.21 Å². The zero-order chi connectivity index (χ0) is 31.1. The molecule has 0 saturated carbocycles. The maximum Gasteiger partial charge on any atom is 0.421 e. The Labute approximate surface area is 247 Å². The fraction of sp³-hybridized carbons (Fsp3) is 0.370. The Hall–Kier alpha value is -2.85. The van der Waals surface area contributed by atoms with E-state index in [1.807, 2.05) is 0 Å². The van der Waals surface area contributed by atoms with Gasteiger partial charge in [0, 0.05) is 36.6 Å². The number of rotatable bonds is 8. The minimum absolute atomic E-state index is 0.0139. The van der Waals surface area contributed by atoms with E-state index >= 15 is 0 Å². The molecule has 4 rings (SSSR count). The Morgan fingerprint density at radius 2 is 1.64 bits per heavy atom. The average molecular weight is 648 g/mol.